The lowest BCUT2D eigenvalue weighted by Crippen LogP contribution is -2.25. The van der Waals surface area contributed by atoms with Crippen molar-refractivity contribution >= 4 is 21.6 Å². The molecule has 8 nitrogen and oxygen atoms in total. The van der Waals surface area contributed by atoms with Gasteiger partial charge < -0.3 is 14.7 Å². The second-order valence-electron chi connectivity index (χ2n) is 6.14. The fraction of sp³-hybridized carbons (Fsp3) is 0.100. The number of amides is 1. The van der Waals surface area contributed by atoms with E-state index < -0.39 is 21.5 Å². The summed E-state index contributed by atoms with van der Waals surface area (Å²) in [6, 6.07) is 12.7. The van der Waals surface area contributed by atoms with Crippen LogP contribution in [0.4, 0.5) is 5.69 Å². The quantitative estimate of drug-likeness (QED) is 0.490. The first-order chi connectivity index (χ1) is 13.9. The smallest absolute Gasteiger partial charge is 0.261 e. The molecule has 3 N–H and O–H groups in total. The highest BCUT2D eigenvalue weighted by atomic mass is 32.2. The molecule has 1 amide bonds. The molecule has 9 heteroatoms. The average molecular weight is 413 g/mol. The fourth-order valence-electron chi connectivity index (χ4n) is 2.57. The summed E-state index contributed by atoms with van der Waals surface area (Å²) in [5.74, 6) is -0.282. The molecular formula is C20H19N3O5S. The van der Waals surface area contributed by atoms with Gasteiger partial charge in [-0.05, 0) is 42.0 Å². The first-order valence-electron chi connectivity index (χ1n) is 8.64. The molecule has 150 valence electrons. The second kappa shape index (κ2) is 8.72. The fourth-order valence-corrected chi connectivity index (χ4v) is 3.67. The number of H-pyrrole nitrogens is 1. The summed E-state index contributed by atoms with van der Waals surface area (Å²) in [6.07, 6.45) is 2.94. The number of benzene rings is 1. The largest absolute Gasteiger partial charge is 0.463 e. The number of hydrogen-bond donors (Lipinski definition) is 3. The van der Waals surface area contributed by atoms with Gasteiger partial charge in [0.2, 0.25) is 10.0 Å². The van der Waals surface area contributed by atoms with Crippen molar-refractivity contribution in [1.82, 2.24) is 9.71 Å². The third-order valence-corrected chi connectivity index (χ3v) is 5.28. The number of sulfonamides is 1. The van der Waals surface area contributed by atoms with E-state index in [2.05, 4.69) is 21.6 Å². The van der Waals surface area contributed by atoms with Gasteiger partial charge in [-0.25, -0.2) is 13.1 Å². The topological polar surface area (TPSA) is 121 Å². The van der Waals surface area contributed by atoms with E-state index in [9.17, 15) is 18.0 Å². The maximum absolute atomic E-state index is 12.4. The van der Waals surface area contributed by atoms with Gasteiger partial charge >= 0.3 is 0 Å². The van der Waals surface area contributed by atoms with E-state index >= 15 is 0 Å². The lowest BCUT2D eigenvalue weighted by Gasteiger charge is -2.08. The Morgan fingerprint density at radius 2 is 1.90 bits per heavy atom. The van der Waals surface area contributed by atoms with E-state index in [-0.39, 0.29) is 17.9 Å². The summed E-state index contributed by atoms with van der Waals surface area (Å²) < 4.78 is 31.4. The molecule has 2 aromatic heterocycles. The van der Waals surface area contributed by atoms with Crippen LogP contribution in [-0.4, -0.2) is 25.9 Å². The molecule has 2 heterocycles. The molecule has 3 aromatic rings. The van der Waals surface area contributed by atoms with Crippen LogP contribution in [0.5, 0.6) is 0 Å². The van der Waals surface area contributed by atoms with E-state index in [1.165, 1.54) is 18.4 Å². The molecule has 1 aromatic carbocycles. The summed E-state index contributed by atoms with van der Waals surface area (Å²) in [6.45, 7) is 3.62. The van der Waals surface area contributed by atoms with Gasteiger partial charge in [0, 0.05) is 12.2 Å². The first-order valence-corrected chi connectivity index (χ1v) is 10.3. The molecule has 0 unspecified atom stereocenters. The predicted molar refractivity (Wildman–Crippen MR) is 110 cm³/mol. The highest BCUT2D eigenvalue weighted by molar-refractivity contribution is 7.88. The Hall–Kier alpha value is -3.43. The number of carbonyl (C=O) groups is 1. The Kier molecular flexibility index (Phi) is 6.10. The predicted octanol–water partition coefficient (Wildman–Crippen LogP) is 2.49. The SMILES string of the molecule is C=CCNS(=O)(=O)Cc1ccc(NC(=O)c2ccc(-c3ccco3)[nH]c2=O)cc1. The number of anilines is 1. The monoisotopic (exact) mass is 413 g/mol. The van der Waals surface area contributed by atoms with E-state index in [1.807, 2.05) is 0 Å². The molecule has 0 radical (unpaired) electrons. The van der Waals surface area contributed by atoms with Crippen LogP contribution in [0.25, 0.3) is 11.5 Å². The van der Waals surface area contributed by atoms with E-state index in [0.717, 1.165) is 0 Å². The van der Waals surface area contributed by atoms with Crippen molar-refractivity contribution in [2.45, 2.75) is 5.75 Å². The van der Waals surface area contributed by atoms with Gasteiger partial charge in [0.15, 0.2) is 0 Å². The number of pyridine rings is 1. The third-order valence-electron chi connectivity index (χ3n) is 3.96. The lowest BCUT2D eigenvalue weighted by molar-refractivity contribution is 0.102. The normalized spacial score (nSPS) is 11.2. The number of hydrogen-bond acceptors (Lipinski definition) is 5. The van der Waals surface area contributed by atoms with Crippen LogP contribution in [0.2, 0.25) is 0 Å². The third kappa shape index (κ3) is 5.31. The second-order valence-corrected chi connectivity index (χ2v) is 7.95. The number of aromatic nitrogens is 1. The van der Waals surface area contributed by atoms with Crippen LogP contribution in [0, 0.1) is 0 Å². The van der Waals surface area contributed by atoms with E-state index in [0.29, 0.717) is 22.7 Å². The molecule has 0 atom stereocenters. The molecule has 0 fully saturated rings. The standard InChI is InChI=1S/C20H19N3O5S/c1-2-11-21-29(26,27)13-14-5-7-15(8-6-14)22-19(24)16-9-10-17(23-20(16)25)18-4-3-12-28-18/h2-10,12,21H,1,11,13H2,(H,22,24)(H,23,25). The molecule has 0 spiro atoms. The summed E-state index contributed by atoms with van der Waals surface area (Å²) in [5.41, 5.74) is 0.852. The zero-order valence-corrected chi connectivity index (χ0v) is 16.2. The number of rotatable bonds is 8. The van der Waals surface area contributed by atoms with Gasteiger partial charge in [-0.15, -0.1) is 6.58 Å². The molecule has 0 saturated heterocycles. The summed E-state index contributed by atoms with van der Waals surface area (Å²) in [7, 11) is -3.47. The minimum absolute atomic E-state index is 0.0550. The Bertz CT molecular complexity index is 1160. The van der Waals surface area contributed by atoms with Crippen LogP contribution >= 0.6 is 0 Å². The van der Waals surface area contributed by atoms with Crippen LogP contribution in [0.1, 0.15) is 15.9 Å². The molecule has 0 saturated carbocycles. The van der Waals surface area contributed by atoms with Crippen molar-refractivity contribution in [1.29, 1.82) is 0 Å². The Morgan fingerprint density at radius 1 is 1.14 bits per heavy atom. The molecule has 0 bridgehead atoms. The van der Waals surface area contributed by atoms with Gasteiger partial charge in [-0.2, -0.15) is 0 Å². The van der Waals surface area contributed by atoms with E-state index in [1.54, 1.807) is 42.5 Å². The highest BCUT2D eigenvalue weighted by Crippen LogP contribution is 2.16. The number of carbonyl (C=O) groups excluding carboxylic acids is 1. The van der Waals surface area contributed by atoms with Crippen molar-refractivity contribution < 1.29 is 17.6 Å². The molecule has 29 heavy (non-hydrogen) atoms. The molecule has 0 aliphatic rings. The summed E-state index contributed by atoms with van der Waals surface area (Å²) in [4.78, 5) is 27.2. The number of furan rings is 1. The van der Waals surface area contributed by atoms with Crippen LogP contribution in [0.15, 0.2) is 76.7 Å². The van der Waals surface area contributed by atoms with Crippen molar-refractivity contribution in [3.63, 3.8) is 0 Å². The van der Waals surface area contributed by atoms with E-state index in [4.69, 9.17) is 4.42 Å². The minimum atomic E-state index is -3.47. The van der Waals surface area contributed by atoms with Crippen LogP contribution in [-0.2, 0) is 15.8 Å². The lowest BCUT2D eigenvalue weighted by atomic mass is 10.2. The Labute approximate surface area is 167 Å². The van der Waals surface area contributed by atoms with Gasteiger partial charge in [0.1, 0.15) is 11.3 Å². The summed E-state index contributed by atoms with van der Waals surface area (Å²) in [5, 5.41) is 2.62. The maximum Gasteiger partial charge on any atom is 0.261 e. The van der Waals surface area contributed by atoms with Gasteiger partial charge in [0.25, 0.3) is 11.5 Å². The molecule has 0 aliphatic heterocycles. The van der Waals surface area contributed by atoms with Crippen LogP contribution < -0.4 is 15.6 Å². The average Bonchev–Trinajstić information content (AvgIpc) is 3.22. The van der Waals surface area contributed by atoms with Gasteiger partial charge in [-0.3, -0.25) is 9.59 Å². The molecular weight excluding hydrogens is 394 g/mol. The minimum Gasteiger partial charge on any atom is -0.463 e. The van der Waals surface area contributed by atoms with Crippen molar-refractivity contribution in [3.8, 4) is 11.5 Å². The molecule has 0 aliphatic carbocycles. The Balaban J connectivity index is 1.68. The zero-order valence-electron chi connectivity index (χ0n) is 15.3. The highest BCUT2D eigenvalue weighted by Gasteiger charge is 2.14. The van der Waals surface area contributed by atoms with Crippen LogP contribution in [0.3, 0.4) is 0 Å². The van der Waals surface area contributed by atoms with Crippen molar-refractivity contribution in [2.75, 3.05) is 11.9 Å². The van der Waals surface area contributed by atoms with Crippen molar-refractivity contribution in [3.05, 3.63) is 88.9 Å². The number of aromatic amines is 1. The van der Waals surface area contributed by atoms with Crippen molar-refractivity contribution in [2.24, 2.45) is 0 Å². The Morgan fingerprint density at radius 3 is 2.52 bits per heavy atom. The number of nitrogens with one attached hydrogen (secondary N) is 3. The summed E-state index contributed by atoms with van der Waals surface area (Å²) >= 11 is 0. The van der Waals surface area contributed by atoms with Gasteiger partial charge in [-0.1, -0.05) is 18.2 Å². The first kappa shape index (κ1) is 20.3. The zero-order chi connectivity index (χ0) is 20.9. The molecule has 3 rings (SSSR count). The maximum atomic E-state index is 12.4. The van der Waals surface area contributed by atoms with Gasteiger partial charge in [0.05, 0.1) is 17.7 Å².